The Morgan fingerprint density at radius 1 is 1.06 bits per heavy atom. The predicted octanol–water partition coefficient (Wildman–Crippen LogP) is 4.28. The first-order valence-electron chi connectivity index (χ1n) is 5.87. The maximum Gasteiger partial charge on any atom is 0.529 e. The van der Waals surface area contributed by atoms with Crippen molar-refractivity contribution in [3.05, 3.63) is 12.3 Å². The van der Waals surface area contributed by atoms with Gasteiger partial charge < -0.3 is 4.52 Å². The van der Waals surface area contributed by atoms with E-state index in [4.69, 9.17) is 13.6 Å². The molecule has 0 spiro atoms. The van der Waals surface area contributed by atoms with E-state index in [0.29, 0.717) is 13.2 Å². The minimum absolute atomic E-state index is 0.400. The summed E-state index contributed by atoms with van der Waals surface area (Å²) in [6, 6.07) is 0. The Morgan fingerprint density at radius 3 is 1.94 bits per heavy atom. The first kappa shape index (κ1) is 15.7. The fourth-order valence-electron chi connectivity index (χ4n) is 0.875. The molecule has 16 heavy (non-hydrogen) atoms. The van der Waals surface area contributed by atoms with Crippen molar-refractivity contribution in [3.8, 4) is 0 Å². The second-order valence-corrected chi connectivity index (χ2v) is 5.02. The van der Waals surface area contributed by atoms with Crippen LogP contribution in [0.4, 0.5) is 0 Å². The van der Waals surface area contributed by atoms with Crippen LogP contribution in [0.1, 0.15) is 46.5 Å². The van der Waals surface area contributed by atoms with E-state index in [2.05, 4.69) is 0 Å². The average molecular weight is 250 g/mol. The molecular formula is C11H23O4P. The van der Waals surface area contributed by atoms with Gasteiger partial charge in [-0.3, -0.25) is 9.05 Å². The third-order valence-electron chi connectivity index (χ3n) is 1.82. The summed E-state index contributed by atoms with van der Waals surface area (Å²) in [5.41, 5.74) is 0. The minimum Gasteiger partial charge on any atom is -0.412 e. The second kappa shape index (κ2) is 9.88. The van der Waals surface area contributed by atoms with Crippen LogP contribution in [-0.4, -0.2) is 13.2 Å². The summed E-state index contributed by atoms with van der Waals surface area (Å²) in [6.45, 7) is 6.66. The third kappa shape index (κ3) is 7.91. The zero-order chi connectivity index (χ0) is 12.3. The Morgan fingerprint density at radius 2 is 1.56 bits per heavy atom. The first-order valence-corrected chi connectivity index (χ1v) is 7.33. The lowest BCUT2D eigenvalue weighted by atomic mass is 10.4. The quantitative estimate of drug-likeness (QED) is 0.330. The second-order valence-electron chi connectivity index (χ2n) is 3.40. The molecule has 0 fully saturated rings. The van der Waals surface area contributed by atoms with Crippen molar-refractivity contribution < 1.29 is 18.1 Å². The van der Waals surface area contributed by atoms with Gasteiger partial charge in [-0.1, -0.05) is 32.8 Å². The summed E-state index contributed by atoms with van der Waals surface area (Å²) in [5, 5.41) is 0. The van der Waals surface area contributed by atoms with Crippen molar-refractivity contribution in [3.63, 3.8) is 0 Å². The van der Waals surface area contributed by atoms with Crippen LogP contribution in [-0.2, 0) is 18.1 Å². The van der Waals surface area contributed by atoms with Gasteiger partial charge in [0.25, 0.3) is 0 Å². The lowest BCUT2D eigenvalue weighted by Gasteiger charge is -2.16. The summed E-state index contributed by atoms with van der Waals surface area (Å²) >= 11 is 0. The van der Waals surface area contributed by atoms with E-state index < -0.39 is 7.82 Å². The summed E-state index contributed by atoms with van der Waals surface area (Å²) < 4.78 is 27.4. The van der Waals surface area contributed by atoms with Crippen LogP contribution < -0.4 is 0 Å². The molecule has 0 atom stereocenters. The summed E-state index contributed by atoms with van der Waals surface area (Å²) in [4.78, 5) is 0. The standard InChI is InChI=1S/C11H23O4P/c1-4-7-10-14-16(12,13-9-6-3)15-11-8-5-2/h6,9H,4-5,7-8,10-11H2,1-3H3/b9-6+. The topological polar surface area (TPSA) is 44.8 Å². The monoisotopic (exact) mass is 250 g/mol. The maximum absolute atomic E-state index is 12.0. The normalized spacial score (nSPS) is 12.2. The SMILES string of the molecule is C/C=C/OP(=O)(OCCCC)OCCCC. The Kier molecular flexibility index (Phi) is 9.69. The number of phosphoric ester groups is 1. The van der Waals surface area contributed by atoms with Gasteiger partial charge in [-0.05, 0) is 19.8 Å². The van der Waals surface area contributed by atoms with Crippen LogP contribution in [0.25, 0.3) is 0 Å². The Labute approximate surface area is 98.6 Å². The first-order chi connectivity index (χ1) is 7.68. The van der Waals surface area contributed by atoms with Gasteiger partial charge in [-0.15, -0.1) is 0 Å². The van der Waals surface area contributed by atoms with Crippen LogP contribution in [0.5, 0.6) is 0 Å². The van der Waals surface area contributed by atoms with Gasteiger partial charge in [0.1, 0.15) is 0 Å². The molecule has 0 aromatic heterocycles. The number of hydrogen-bond donors (Lipinski definition) is 0. The van der Waals surface area contributed by atoms with Gasteiger partial charge in [0, 0.05) is 0 Å². The maximum atomic E-state index is 12.0. The molecule has 0 saturated heterocycles. The van der Waals surface area contributed by atoms with Gasteiger partial charge in [0.2, 0.25) is 0 Å². The number of rotatable bonds is 10. The molecule has 0 aliphatic heterocycles. The molecule has 0 N–H and O–H groups in total. The fraction of sp³-hybridized carbons (Fsp3) is 0.818. The molecule has 0 unspecified atom stereocenters. The number of phosphoric acid groups is 1. The van der Waals surface area contributed by atoms with Crippen LogP contribution >= 0.6 is 7.82 Å². The van der Waals surface area contributed by atoms with E-state index in [-0.39, 0.29) is 0 Å². The van der Waals surface area contributed by atoms with Gasteiger partial charge in [0.15, 0.2) is 0 Å². The van der Waals surface area contributed by atoms with Crippen LogP contribution in [0.15, 0.2) is 12.3 Å². The third-order valence-corrected chi connectivity index (χ3v) is 3.20. The van der Waals surface area contributed by atoms with Gasteiger partial charge in [-0.25, -0.2) is 4.57 Å². The lowest BCUT2D eigenvalue weighted by molar-refractivity contribution is 0.139. The Balaban J connectivity index is 4.07. The Bertz CT molecular complexity index is 214. The van der Waals surface area contributed by atoms with Crippen LogP contribution in [0, 0.1) is 0 Å². The molecule has 0 aliphatic rings. The molecule has 5 heteroatoms. The molecule has 4 nitrogen and oxygen atoms in total. The lowest BCUT2D eigenvalue weighted by Crippen LogP contribution is -2.00. The van der Waals surface area contributed by atoms with E-state index in [9.17, 15) is 4.57 Å². The van der Waals surface area contributed by atoms with Gasteiger partial charge in [0.05, 0.1) is 19.5 Å². The van der Waals surface area contributed by atoms with Crippen LogP contribution in [0.3, 0.4) is 0 Å². The van der Waals surface area contributed by atoms with Crippen molar-refractivity contribution in [2.24, 2.45) is 0 Å². The van der Waals surface area contributed by atoms with E-state index in [1.807, 2.05) is 13.8 Å². The number of allylic oxidation sites excluding steroid dienone is 1. The highest BCUT2D eigenvalue weighted by atomic mass is 31.2. The summed E-state index contributed by atoms with van der Waals surface area (Å²) in [6.07, 6.45) is 6.66. The molecule has 0 bridgehead atoms. The molecule has 0 amide bonds. The largest absolute Gasteiger partial charge is 0.529 e. The highest BCUT2D eigenvalue weighted by molar-refractivity contribution is 7.48. The highest BCUT2D eigenvalue weighted by Crippen LogP contribution is 2.50. The van der Waals surface area contributed by atoms with E-state index in [0.717, 1.165) is 25.7 Å². The summed E-state index contributed by atoms with van der Waals surface area (Å²) in [5.74, 6) is 0. The summed E-state index contributed by atoms with van der Waals surface area (Å²) in [7, 11) is -3.38. The van der Waals surface area contributed by atoms with Gasteiger partial charge in [-0.2, -0.15) is 0 Å². The molecular weight excluding hydrogens is 227 g/mol. The van der Waals surface area contributed by atoms with Crippen molar-refractivity contribution in [1.82, 2.24) is 0 Å². The predicted molar refractivity (Wildman–Crippen MR) is 65.2 cm³/mol. The van der Waals surface area contributed by atoms with Crippen molar-refractivity contribution in [2.45, 2.75) is 46.5 Å². The Hall–Kier alpha value is -0.310. The molecule has 0 radical (unpaired) electrons. The molecule has 96 valence electrons. The average Bonchev–Trinajstić information content (AvgIpc) is 2.27. The van der Waals surface area contributed by atoms with E-state index in [1.165, 1.54) is 6.26 Å². The molecule has 0 saturated carbocycles. The van der Waals surface area contributed by atoms with Crippen molar-refractivity contribution >= 4 is 7.82 Å². The van der Waals surface area contributed by atoms with E-state index in [1.54, 1.807) is 13.0 Å². The molecule has 0 aromatic rings. The molecule has 0 heterocycles. The zero-order valence-corrected chi connectivity index (χ0v) is 11.4. The fourth-order valence-corrected chi connectivity index (χ4v) is 2.05. The molecule has 0 rings (SSSR count). The van der Waals surface area contributed by atoms with Crippen LogP contribution in [0.2, 0.25) is 0 Å². The molecule has 0 aliphatic carbocycles. The van der Waals surface area contributed by atoms with E-state index >= 15 is 0 Å². The highest BCUT2D eigenvalue weighted by Gasteiger charge is 2.26. The van der Waals surface area contributed by atoms with Crippen molar-refractivity contribution in [2.75, 3.05) is 13.2 Å². The number of hydrogen-bond acceptors (Lipinski definition) is 4. The van der Waals surface area contributed by atoms with Gasteiger partial charge >= 0.3 is 7.82 Å². The number of unbranched alkanes of at least 4 members (excludes halogenated alkanes) is 2. The van der Waals surface area contributed by atoms with Crippen molar-refractivity contribution in [1.29, 1.82) is 0 Å². The minimum atomic E-state index is -3.38. The molecule has 0 aromatic carbocycles. The zero-order valence-electron chi connectivity index (χ0n) is 10.5. The smallest absolute Gasteiger partial charge is 0.412 e.